The molecule has 0 aliphatic carbocycles. The third kappa shape index (κ3) is 27.2. The van der Waals surface area contributed by atoms with Crippen LogP contribution in [-0.4, -0.2) is 233 Å². The Bertz CT molecular complexity index is 3590. The maximum atomic E-state index is 15.0. The van der Waals surface area contributed by atoms with E-state index in [4.69, 9.17) is 11.5 Å². The number of phenolic OH excluding ortho intramolecular Hbond substituents is 2. The van der Waals surface area contributed by atoms with Gasteiger partial charge >= 0.3 is 23.9 Å². The summed E-state index contributed by atoms with van der Waals surface area (Å²) in [6, 6.07) is 1.26. The third-order valence-corrected chi connectivity index (χ3v) is 18.8. The average Bonchev–Trinajstić information content (AvgIpc) is 1.82. The summed E-state index contributed by atoms with van der Waals surface area (Å²) in [5.41, 5.74) is 13.5. The molecule has 2 aliphatic heterocycles. The van der Waals surface area contributed by atoms with Crippen molar-refractivity contribution >= 4 is 88.9 Å². The second kappa shape index (κ2) is 43.0. The highest BCUT2D eigenvalue weighted by Crippen LogP contribution is 2.24. The monoisotopic (exact) mass is 1500 g/mol. The van der Waals surface area contributed by atoms with Crippen LogP contribution >= 0.6 is 0 Å². The Hall–Kier alpha value is -10.8. The highest BCUT2D eigenvalue weighted by molar-refractivity contribution is 6.00. The van der Waals surface area contributed by atoms with Crippen molar-refractivity contribution in [3.63, 3.8) is 0 Å². The SMILES string of the molecule is CC[C@H](C)[C@H](NC(=O)[C@H](CCC(=O)O)NC(=O)[C@H](CC(=O)O)NC(=O)[C@@H]1CCCN1C(=O)[C@@H](N)Cc1ccc(O)cc1)C(=O)N[C@@H](CCC(=O)O)C(=O)N[C@@H](Cc1ccc(O)cc1)C(=O)N[C@H](C(=O)N[C@@H](Cc1ccccc1)C(=O)N[C@@H](CCCCN)C(=O)N1CCC[C@H]1C(=O)N[C@@H](CO)C(=O)O)[C@@H](C)CC. The number of benzene rings is 3. The highest BCUT2D eigenvalue weighted by atomic mass is 16.4. The predicted molar refractivity (Wildman–Crippen MR) is 381 cm³/mol. The van der Waals surface area contributed by atoms with E-state index in [9.17, 15) is 108 Å². The molecule has 2 fully saturated rings. The topological polar surface area (TPSA) is 564 Å². The summed E-state index contributed by atoms with van der Waals surface area (Å²) in [6.07, 6.45) is -2.55. The molecule has 0 bridgehead atoms. The Kier molecular flexibility index (Phi) is 34.9. The first-order valence-corrected chi connectivity index (χ1v) is 35.7. The van der Waals surface area contributed by atoms with E-state index in [1.54, 1.807) is 63.2 Å². The lowest BCUT2D eigenvalue weighted by molar-refractivity contribution is -0.146. The molecule has 0 saturated carbocycles. The zero-order valence-corrected chi connectivity index (χ0v) is 60.2. The average molecular weight is 1500 g/mol. The van der Waals surface area contributed by atoms with Gasteiger partial charge in [0.05, 0.1) is 19.1 Å². The van der Waals surface area contributed by atoms with Crippen molar-refractivity contribution in [1.29, 1.82) is 0 Å². The molecule has 11 amide bonds. The van der Waals surface area contributed by atoms with Crippen LogP contribution in [0.4, 0.5) is 0 Å². The Morgan fingerprint density at radius 1 is 0.449 bits per heavy atom. The summed E-state index contributed by atoms with van der Waals surface area (Å²) in [5, 5.41) is 91.1. The molecule has 586 valence electrons. The van der Waals surface area contributed by atoms with Gasteiger partial charge in [0.2, 0.25) is 65.0 Å². The molecule has 2 saturated heterocycles. The second-order valence-electron chi connectivity index (χ2n) is 26.9. The standard InChI is InChI=1S/C72H101N13O22/c1-5-39(3)59(82-62(96)48(28-30-57(91)92)75-64(98)52(37-58(93)94)79-66(100)54-17-12-32-84(54)70(104)46(74)34-42-19-23-44(87)24-20-42)68(102)76-47(27-29-56(89)90)61(95)78-51(36-43-21-25-45(88)26-22-43)65(99)83-60(40(4)6-2)69(103)80-50(35-41-14-8-7-9-15-41)63(97)77-49(16-10-11-31-73)71(105)85-33-13-18-55(85)67(101)81-53(38-86)72(106)107/h7-9,14-15,19-26,39-40,46-55,59-60,86-88H,5-6,10-13,16-18,27-38,73-74H2,1-4H3,(H,75,98)(H,76,102)(H,77,97)(H,78,95)(H,79,100)(H,80,103)(H,81,101)(H,82,96)(H,83,99)(H,89,90)(H,91,92)(H,93,94)(H,106,107)/t39-,40-,46-,47-,48-,49-,50-,51-,52-,53-,54-,55-,59-,60-/m0/s1. The second-order valence-corrected chi connectivity index (χ2v) is 26.9. The number of nitrogens with one attached hydrogen (secondary N) is 9. The molecule has 14 atom stereocenters. The normalized spacial score (nSPS) is 17.4. The predicted octanol–water partition coefficient (Wildman–Crippen LogP) is -1.70. The van der Waals surface area contributed by atoms with Gasteiger partial charge < -0.3 is 105 Å². The van der Waals surface area contributed by atoms with Gasteiger partial charge in [-0.25, -0.2) is 4.79 Å². The van der Waals surface area contributed by atoms with Crippen LogP contribution in [0.15, 0.2) is 78.9 Å². The van der Waals surface area contributed by atoms with Crippen LogP contribution in [-0.2, 0) is 91.2 Å². The fourth-order valence-corrected chi connectivity index (χ4v) is 12.3. The highest BCUT2D eigenvalue weighted by Gasteiger charge is 2.43. The van der Waals surface area contributed by atoms with Crippen LogP contribution in [0.5, 0.6) is 11.5 Å². The van der Waals surface area contributed by atoms with Gasteiger partial charge in [-0.1, -0.05) is 95.1 Å². The van der Waals surface area contributed by atoms with Crippen LogP contribution in [0.25, 0.3) is 0 Å². The van der Waals surface area contributed by atoms with Crippen LogP contribution in [0, 0.1) is 11.8 Å². The van der Waals surface area contributed by atoms with Crippen molar-refractivity contribution in [2.45, 2.75) is 209 Å². The molecular weight excluding hydrogens is 1400 g/mol. The molecule has 20 N–H and O–H groups in total. The number of amides is 11. The smallest absolute Gasteiger partial charge is 0.328 e. The number of rotatable bonds is 44. The number of nitrogens with zero attached hydrogens (tertiary/aromatic N) is 2. The van der Waals surface area contributed by atoms with Crippen molar-refractivity contribution in [2.24, 2.45) is 23.3 Å². The Morgan fingerprint density at radius 3 is 1.29 bits per heavy atom. The fourth-order valence-electron chi connectivity index (χ4n) is 12.3. The van der Waals surface area contributed by atoms with Crippen LogP contribution in [0.2, 0.25) is 0 Å². The number of likely N-dealkylation sites (tertiary alicyclic amines) is 2. The first kappa shape index (κ1) is 86.8. The van der Waals surface area contributed by atoms with Gasteiger partial charge in [-0.05, 0) is 124 Å². The number of aliphatic hydroxyl groups excluding tert-OH is 1. The van der Waals surface area contributed by atoms with Crippen molar-refractivity contribution in [1.82, 2.24) is 57.7 Å². The Labute approximate surface area is 617 Å². The minimum Gasteiger partial charge on any atom is -0.508 e. The largest absolute Gasteiger partial charge is 0.508 e. The van der Waals surface area contributed by atoms with Gasteiger partial charge in [-0.2, -0.15) is 0 Å². The van der Waals surface area contributed by atoms with E-state index in [1.807, 2.05) is 0 Å². The summed E-state index contributed by atoms with van der Waals surface area (Å²) >= 11 is 0. The number of aliphatic hydroxyl groups is 1. The van der Waals surface area contributed by atoms with Crippen molar-refractivity contribution < 1.29 is 108 Å². The molecule has 0 aromatic heterocycles. The van der Waals surface area contributed by atoms with Crippen molar-refractivity contribution in [3.8, 4) is 11.5 Å². The summed E-state index contributed by atoms with van der Waals surface area (Å²) in [4.78, 5) is 208. The molecule has 0 radical (unpaired) electrons. The quantitative estimate of drug-likeness (QED) is 0.0281. The zero-order chi connectivity index (χ0) is 79.2. The van der Waals surface area contributed by atoms with Gasteiger partial charge in [-0.3, -0.25) is 67.1 Å². The number of carboxylic acids is 4. The number of phenols is 2. The zero-order valence-electron chi connectivity index (χ0n) is 60.2. The van der Waals surface area contributed by atoms with Gasteiger partial charge in [0.25, 0.3) is 0 Å². The van der Waals surface area contributed by atoms with E-state index in [0.717, 1.165) is 0 Å². The number of carboxylic acid groups (broad SMARTS) is 4. The van der Waals surface area contributed by atoms with E-state index in [-0.39, 0.29) is 82.5 Å². The third-order valence-electron chi connectivity index (χ3n) is 18.8. The number of aliphatic carboxylic acids is 4. The summed E-state index contributed by atoms with van der Waals surface area (Å²) in [5.74, 6) is -18.5. The van der Waals surface area contributed by atoms with Gasteiger partial charge in [-0.15, -0.1) is 0 Å². The molecule has 2 aliphatic rings. The first-order valence-electron chi connectivity index (χ1n) is 35.7. The number of nitrogens with two attached hydrogens (primary N) is 2. The van der Waals surface area contributed by atoms with Gasteiger partial charge in [0.1, 0.15) is 78.0 Å². The van der Waals surface area contributed by atoms with Gasteiger partial charge in [0.15, 0.2) is 0 Å². The van der Waals surface area contributed by atoms with E-state index in [2.05, 4.69) is 47.9 Å². The summed E-state index contributed by atoms with van der Waals surface area (Å²) in [7, 11) is 0. The number of hydrogen-bond donors (Lipinski definition) is 18. The molecule has 0 unspecified atom stereocenters. The number of carbonyl (C=O) groups excluding carboxylic acids is 11. The minimum atomic E-state index is -1.94. The minimum absolute atomic E-state index is 0.0151. The number of aromatic hydroxyl groups is 2. The molecule has 5 rings (SSSR count). The maximum absolute atomic E-state index is 15.0. The number of unbranched alkanes of at least 4 members (excludes halogenated alkanes) is 1. The maximum Gasteiger partial charge on any atom is 0.328 e. The molecule has 35 heteroatoms. The molecule has 3 aromatic carbocycles. The lowest BCUT2D eigenvalue weighted by Crippen LogP contribution is -2.62. The Morgan fingerprint density at radius 2 is 0.841 bits per heavy atom. The summed E-state index contributed by atoms with van der Waals surface area (Å²) < 4.78 is 0. The molecule has 0 spiro atoms. The lowest BCUT2D eigenvalue weighted by atomic mass is 9.95. The molecule has 3 aromatic rings. The van der Waals surface area contributed by atoms with Gasteiger partial charge in [0, 0.05) is 38.8 Å². The van der Waals surface area contributed by atoms with Crippen molar-refractivity contribution in [2.75, 3.05) is 26.2 Å². The van der Waals surface area contributed by atoms with E-state index >= 15 is 0 Å². The lowest BCUT2D eigenvalue weighted by Gasteiger charge is -2.31. The fraction of sp³-hybridized carbons (Fsp3) is 0.542. The molecule has 107 heavy (non-hydrogen) atoms. The molecule has 2 heterocycles. The van der Waals surface area contributed by atoms with E-state index < -0.39 is 212 Å². The van der Waals surface area contributed by atoms with Crippen LogP contribution < -0.4 is 59.3 Å². The van der Waals surface area contributed by atoms with Crippen LogP contribution in [0.3, 0.4) is 0 Å². The first-order chi connectivity index (χ1) is 50.8. The molecule has 35 nitrogen and oxygen atoms in total. The summed E-state index contributed by atoms with van der Waals surface area (Å²) in [6.45, 7) is 5.83. The molecular formula is C72H101N13O22. The Balaban J connectivity index is 1.40. The number of carbonyl (C=O) groups is 15. The van der Waals surface area contributed by atoms with Crippen LogP contribution in [0.1, 0.15) is 134 Å². The van der Waals surface area contributed by atoms with Crippen molar-refractivity contribution in [3.05, 3.63) is 95.6 Å². The number of hydrogen-bond acceptors (Lipinski definition) is 20. The van der Waals surface area contributed by atoms with E-state index in [0.29, 0.717) is 42.4 Å². The van der Waals surface area contributed by atoms with E-state index in [1.165, 1.54) is 53.1 Å².